The molecular weight excluding hydrogens is 334 g/mol. The standard InChI is InChI=1S/C19H23N3O4/c1-13(23)15-7-10-17(18(11-15)22(24)25)20-12-19(21(2)3)14-5-8-16(26-4)9-6-14/h5-11,19-20H,12H2,1-4H3/p+1/t19-/m0/s1. The minimum Gasteiger partial charge on any atom is -0.497 e. The number of methoxy groups -OCH3 is 1. The van der Waals surface area contributed by atoms with Crippen molar-refractivity contribution in [3.05, 3.63) is 63.7 Å². The summed E-state index contributed by atoms with van der Waals surface area (Å²) in [6.07, 6.45) is 0. The Morgan fingerprint density at radius 3 is 2.38 bits per heavy atom. The number of Topliss-reactive ketones (excluding diaryl/α,β-unsaturated/α-hetero) is 1. The first kappa shape index (κ1) is 19.4. The van der Waals surface area contributed by atoms with Gasteiger partial charge in [-0.25, -0.2) is 0 Å². The Morgan fingerprint density at radius 1 is 1.23 bits per heavy atom. The summed E-state index contributed by atoms with van der Waals surface area (Å²) >= 11 is 0. The third kappa shape index (κ3) is 4.58. The normalized spacial score (nSPS) is 11.9. The summed E-state index contributed by atoms with van der Waals surface area (Å²) in [7, 11) is 5.68. The van der Waals surface area contributed by atoms with Crippen molar-refractivity contribution < 1.29 is 19.4 Å². The van der Waals surface area contributed by atoms with E-state index in [-0.39, 0.29) is 17.5 Å². The average molecular weight is 358 g/mol. The molecular formula is C19H24N3O4+. The zero-order valence-electron chi connectivity index (χ0n) is 15.4. The molecule has 7 heteroatoms. The molecule has 0 fully saturated rings. The summed E-state index contributed by atoms with van der Waals surface area (Å²) < 4.78 is 5.19. The molecule has 0 saturated carbocycles. The summed E-state index contributed by atoms with van der Waals surface area (Å²) in [5.41, 5.74) is 1.73. The van der Waals surface area contributed by atoms with Crippen LogP contribution in [0.4, 0.5) is 11.4 Å². The van der Waals surface area contributed by atoms with Crippen LogP contribution in [0.2, 0.25) is 0 Å². The number of nitrogens with zero attached hydrogens (tertiary/aromatic N) is 1. The second-order valence-electron chi connectivity index (χ2n) is 6.33. The molecule has 2 rings (SSSR count). The Morgan fingerprint density at radius 2 is 1.88 bits per heavy atom. The van der Waals surface area contributed by atoms with Crippen molar-refractivity contribution in [1.29, 1.82) is 0 Å². The number of benzene rings is 2. The van der Waals surface area contributed by atoms with Crippen LogP contribution in [-0.4, -0.2) is 38.5 Å². The maximum atomic E-state index is 11.5. The fourth-order valence-corrected chi connectivity index (χ4v) is 2.75. The van der Waals surface area contributed by atoms with Crippen LogP contribution >= 0.6 is 0 Å². The van der Waals surface area contributed by atoms with Crippen molar-refractivity contribution in [1.82, 2.24) is 0 Å². The molecule has 2 aromatic carbocycles. The lowest BCUT2D eigenvalue weighted by Crippen LogP contribution is -3.06. The maximum Gasteiger partial charge on any atom is 0.293 e. The van der Waals surface area contributed by atoms with E-state index < -0.39 is 4.92 Å². The van der Waals surface area contributed by atoms with Crippen molar-refractivity contribution in [3.8, 4) is 5.75 Å². The molecule has 7 nitrogen and oxygen atoms in total. The van der Waals surface area contributed by atoms with Crippen LogP contribution < -0.4 is 15.0 Å². The van der Waals surface area contributed by atoms with Gasteiger partial charge in [0, 0.05) is 17.2 Å². The van der Waals surface area contributed by atoms with E-state index in [2.05, 4.69) is 5.32 Å². The summed E-state index contributed by atoms with van der Waals surface area (Å²) in [6.45, 7) is 1.90. The maximum absolute atomic E-state index is 11.5. The van der Waals surface area contributed by atoms with Crippen LogP contribution in [0.25, 0.3) is 0 Å². The van der Waals surface area contributed by atoms with Crippen molar-refractivity contribution in [3.63, 3.8) is 0 Å². The van der Waals surface area contributed by atoms with E-state index in [9.17, 15) is 14.9 Å². The summed E-state index contributed by atoms with van der Waals surface area (Å²) in [5.74, 6) is 0.582. The van der Waals surface area contributed by atoms with Gasteiger partial charge in [0.15, 0.2) is 5.78 Å². The van der Waals surface area contributed by atoms with Crippen molar-refractivity contribution in [2.75, 3.05) is 33.1 Å². The smallest absolute Gasteiger partial charge is 0.293 e. The van der Waals surface area contributed by atoms with Crippen molar-refractivity contribution in [2.24, 2.45) is 0 Å². The van der Waals surface area contributed by atoms with E-state index in [1.54, 1.807) is 19.2 Å². The number of anilines is 1. The number of nitro groups is 1. The number of likely N-dealkylation sites (N-methyl/N-ethyl adjacent to an activating group) is 1. The quantitative estimate of drug-likeness (QED) is 0.429. The molecule has 0 radical (unpaired) electrons. The first-order chi connectivity index (χ1) is 12.3. The Kier molecular flexibility index (Phi) is 6.30. The number of ether oxygens (including phenoxy) is 1. The zero-order chi connectivity index (χ0) is 19.3. The number of ketones is 1. The van der Waals surface area contributed by atoms with Gasteiger partial charge in [-0.05, 0) is 43.3 Å². The van der Waals surface area contributed by atoms with E-state index in [1.807, 2.05) is 38.4 Å². The van der Waals surface area contributed by atoms with Crippen LogP contribution in [-0.2, 0) is 0 Å². The highest BCUT2D eigenvalue weighted by Gasteiger charge is 2.21. The van der Waals surface area contributed by atoms with Gasteiger partial charge in [0.25, 0.3) is 5.69 Å². The first-order valence-corrected chi connectivity index (χ1v) is 8.30. The molecule has 2 N–H and O–H groups in total. The van der Waals surface area contributed by atoms with Gasteiger partial charge in [-0.1, -0.05) is 0 Å². The molecule has 2 aromatic rings. The predicted octanol–water partition coefficient (Wildman–Crippen LogP) is 2.10. The number of rotatable bonds is 8. The Balaban J connectivity index is 2.23. The monoisotopic (exact) mass is 358 g/mol. The van der Waals surface area contributed by atoms with Crippen LogP contribution in [0.15, 0.2) is 42.5 Å². The van der Waals surface area contributed by atoms with Gasteiger partial charge in [0.2, 0.25) is 0 Å². The van der Waals surface area contributed by atoms with Gasteiger partial charge in [-0.3, -0.25) is 14.9 Å². The van der Waals surface area contributed by atoms with Crippen LogP contribution in [0.3, 0.4) is 0 Å². The molecule has 26 heavy (non-hydrogen) atoms. The lowest BCUT2D eigenvalue weighted by atomic mass is 10.1. The molecule has 0 aliphatic carbocycles. The van der Waals surface area contributed by atoms with Gasteiger partial charge in [0.05, 0.1) is 32.7 Å². The number of carbonyl (C=O) groups excluding carboxylic acids is 1. The Bertz CT molecular complexity index is 788. The predicted molar refractivity (Wildman–Crippen MR) is 100 cm³/mol. The summed E-state index contributed by atoms with van der Waals surface area (Å²) in [6, 6.07) is 12.4. The molecule has 0 heterocycles. The molecule has 0 saturated heterocycles. The van der Waals surface area contributed by atoms with Gasteiger partial charge in [-0.15, -0.1) is 0 Å². The van der Waals surface area contributed by atoms with Crippen molar-refractivity contribution >= 4 is 17.2 Å². The van der Waals surface area contributed by atoms with Gasteiger partial charge in [0.1, 0.15) is 17.5 Å². The van der Waals surface area contributed by atoms with E-state index in [1.165, 1.54) is 17.9 Å². The Hall–Kier alpha value is -2.93. The molecule has 0 amide bonds. The summed E-state index contributed by atoms with van der Waals surface area (Å²) in [4.78, 5) is 23.5. The number of nitro benzene ring substituents is 1. The van der Waals surface area contributed by atoms with Gasteiger partial charge >= 0.3 is 0 Å². The second kappa shape index (κ2) is 8.44. The third-order valence-electron chi connectivity index (χ3n) is 4.31. The summed E-state index contributed by atoms with van der Waals surface area (Å²) in [5, 5.41) is 14.5. The zero-order valence-corrected chi connectivity index (χ0v) is 15.4. The van der Waals surface area contributed by atoms with Crippen molar-refractivity contribution in [2.45, 2.75) is 13.0 Å². The molecule has 0 aliphatic rings. The molecule has 0 spiro atoms. The topological polar surface area (TPSA) is 85.9 Å². The molecule has 0 unspecified atom stereocenters. The number of hydrogen-bond acceptors (Lipinski definition) is 5. The fraction of sp³-hybridized carbons (Fsp3) is 0.316. The largest absolute Gasteiger partial charge is 0.497 e. The van der Waals surface area contributed by atoms with E-state index in [4.69, 9.17) is 4.74 Å². The minimum atomic E-state index is -0.473. The van der Waals surface area contributed by atoms with Gasteiger partial charge in [-0.2, -0.15) is 0 Å². The molecule has 1 atom stereocenters. The highest BCUT2D eigenvalue weighted by atomic mass is 16.6. The van der Waals surface area contributed by atoms with Crippen LogP contribution in [0, 0.1) is 10.1 Å². The number of hydrogen-bond donors (Lipinski definition) is 2. The van der Waals surface area contributed by atoms with Crippen LogP contribution in [0.5, 0.6) is 5.75 Å². The number of carbonyl (C=O) groups is 1. The molecule has 0 aromatic heterocycles. The molecule has 138 valence electrons. The number of nitrogens with one attached hydrogen (secondary N) is 2. The van der Waals surface area contributed by atoms with Gasteiger partial charge < -0.3 is 15.0 Å². The minimum absolute atomic E-state index is 0.0907. The highest BCUT2D eigenvalue weighted by Crippen LogP contribution is 2.26. The number of quaternary nitrogens is 1. The SMILES string of the molecule is COc1ccc([C@H](CNc2ccc(C(C)=O)cc2[N+](=O)[O-])[NH+](C)C)cc1. The van der Waals surface area contributed by atoms with Crippen LogP contribution in [0.1, 0.15) is 28.9 Å². The molecule has 0 aliphatic heterocycles. The third-order valence-corrected chi connectivity index (χ3v) is 4.31. The van der Waals surface area contributed by atoms with E-state index >= 15 is 0 Å². The first-order valence-electron chi connectivity index (χ1n) is 8.30. The average Bonchev–Trinajstić information content (AvgIpc) is 2.62. The highest BCUT2D eigenvalue weighted by molar-refractivity contribution is 5.95. The second-order valence-corrected chi connectivity index (χ2v) is 6.33. The van der Waals surface area contributed by atoms with E-state index in [0.29, 0.717) is 17.8 Å². The Labute approximate surface area is 152 Å². The molecule has 0 bridgehead atoms. The lowest BCUT2D eigenvalue weighted by molar-refractivity contribution is -0.890. The van der Waals surface area contributed by atoms with E-state index in [0.717, 1.165) is 11.3 Å². The lowest BCUT2D eigenvalue weighted by Gasteiger charge is -2.23. The fourth-order valence-electron chi connectivity index (χ4n) is 2.75.